The number of nitrogens with zero attached hydrogens (tertiary/aromatic N) is 2. The van der Waals surface area contributed by atoms with Gasteiger partial charge < -0.3 is 0 Å². The van der Waals surface area contributed by atoms with Crippen molar-refractivity contribution in [1.29, 1.82) is 10.5 Å². The maximum atomic E-state index is 9.04. The molecule has 0 amide bonds. The predicted octanol–water partition coefficient (Wildman–Crippen LogP) is 3.34. The summed E-state index contributed by atoms with van der Waals surface area (Å²) in [5, 5.41) is 17.5. The summed E-state index contributed by atoms with van der Waals surface area (Å²) in [4.78, 5) is -0.953. The first kappa shape index (κ1) is 12.6. The molecule has 0 saturated heterocycles. The highest BCUT2D eigenvalue weighted by Gasteiger charge is 2.26. The Morgan fingerprint density at radius 2 is 1.88 bits per heavy atom. The van der Waals surface area contributed by atoms with Gasteiger partial charge in [-0.2, -0.15) is 10.5 Å². The molecule has 0 aliphatic carbocycles. The molecular weight excluding hydrogens is 220 g/mol. The molecule has 1 aromatic carbocycles. The minimum atomic E-state index is -0.953. The third-order valence-electron chi connectivity index (χ3n) is 2.44. The second-order valence-electron chi connectivity index (χ2n) is 3.90. The minimum Gasteiger partial charge on any atom is -0.198 e. The first-order valence-electron chi connectivity index (χ1n) is 5.12. The van der Waals surface area contributed by atoms with E-state index in [1.54, 1.807) is 0 Å². The van der Waals surface area contributed by atoms with Crippen molar-refractivity contribution in [2.24, 2.45) is 0 Å². The second-order valence-corrected chi connectivity index (χ2v) is 4.62. The molecule has 0 aliphatic rings. The summed E-state index contributed by atoms with van der Waals surface area (Å²) in [6, 6.07) is 12.0. The summed E-state index contributed by atoms with van der Waals surface area (Å²) in [5.41, 5.74) is 2.21. The number of aryl methyl sites for hydroxylation is 1. The monoisotopic (exact) mass is 232 g/mol. The van der Waals surface area contributed by atoms with E-state index in [4.69, 9.17) is 22.1 Å². The second kappa shape index (κ2) is 5.54. The lowest BCUT2D eigenvalue weighted by Crippen LogP contribution is -2.22. The van der Waals surface area contributed by atoms with Crippen molar-refractivity contribution < 1.29 is 0 Å². The summed E-state index contributed by atoms with van der Waals surface area (Å²) in [5.74, 6) is 0. The van der Waals surface area contributed by atoms with Gasteiger partial charge in [-0.15, -0.1) is 11.6 Å². The van der Waals surface area contributed by atoms with Crippen molar-refractivity contribution in [2.75, 3.05) is 0 Å². The van der Waals surface area contributed by atoms with Gasteiger partial charge in [0, 0.05) is 12.8 Å². The molecule has 1 aromatic rings. The minimum absolute atomic E-state index is 0.308. The normalized spacial score (nSPS) is 13.5. The molecule has 0 bridgehead atoms. The van der Waals surface area contributed by atoms with E-state index in [1.807, 2.05) is 37.3 Å². The Hall–Kier alpha value is -1.51. The molecule has 0 heterocycles. The van der Waals surface area contributed by atoms with Crippen LogP contribution in [0.1, 0.15) is 24.0 Å². The topological polar surface area (TPSA) is 47.6 Å². The van der Waals surface area contributed by atoms with Gasteiger partial charge in [0.2, 0.25) is 0 Å². The fraction of sp³-hybridized carbons (Fsp3) is 0.385. The van der Waals surface area contributed by atoms with Crippen LogP contribution in [-0.4, -0.2) is 4.87 Å². The lowest BCUT2D eigenvalue weighted by Gasteiger charge is -2.17. The highest BCUT2D eigenvalue weighted by atomic mass is 35.5. The molecule has 0 aromatic heterocycles. The van der Waals surface area contributed by atoms with Gasteiger partial charge in [-0.1, -0.05) is 29.8 Å². The van der Waals surface area contributed by atoms with Gasteiger partial charge in [-0.3, -0.25) is 0 Å². The molecule has 0 radical (unpaired) electrons. The van der Waals surface area contributed by atoms with Gasteiger partial charge in [0.25, 0.3) is 0 Å². The van der Waals surface area contributed by atoms with Gasteiger partial charge in [-0.05, 0) is 18.9 Å². The van der Waals surface area contributed by atoms with Crippen LogP contribution in [0, 0.1) is 29.6 Å². The third-order valence-corrected chi connectivity index (χ3v) is 2.85. The van der Waals surface area contributed by atoms with Crippen LogP contribution in [0.25, 0.3) is 0 Å². The summed E-state index contributed by atoms with van der Waals surface area (Å²) < 4.78 is 0. The van der Waals surface area contributed by atoms with Gasteiger partial charge in [0.1, 0.15) is 4.87 Å². The van der Waals surface area contributed by atoms with Crippen molar-refractivity contribution >= 4 is 11.6 Å². The highest BCUT2D eigenvalue weighted by molar-refractivity contribution is 6.26. The van der Waals surface area contributed by atoms with Crippen molar-refractivity contribution in [3.63, 3.8) is 0 Å². The SMILES string of the molecule is Cc1ccc(CC(Cl)(C#N)CCC#N)cc1. The number of nitriles is 2. The zero-order chi connectivity index (χ0) is 12.0. The maximum Gasteiger partial charge on any atom is 0.136 e. The largest absolute Gasteiger partial charge is 0.198 e. The molecule has 3 heteroatoms. The molecule has 16 heavy (non-hydrogen) atoms. The van der Waals surface area contributed by atoms with E-state index in [-0.39, 0.29) is 0 Å². The Labute approximate surface area is 101 Å². The Morgan fingerprint density at radius 3 is 2.38 bits per heavy atom. The van der Waals surface area contributed by atoms with Crippen molar-refractivity contribution in [2.45, 2.75) is 31.1 Å². The highest BCUT2D eigenvalue weighted by Crippen LogP contribution is 2.26. The van der Waals surface area contributed by atoms with E-state index in [1.165, 1.54) is 5.56 Å². The first-order chi connectivity index (χ1) is 7.59. The van der Waals surface area contributed by atoms with E-state index >= 15 is 0 Å². The van der Waals surface area contributed by atoms with Crippen molar-refractivity contribution in [3.05, 3.63) is 35.4 Å². The average molecular weight is 233 g/mol. The van der Waals surface area contributed by atoms with Gasteiger partial charge in [0.05, 0.1) is 12.1 Å². The van der Waals surface area contributed by atoms with Crippen LogP contribution in [0.3, 0.4) is 0 Å². The quantitative estimate of drug-likeness (QED) is 0.748. The first-order valence-corrected chi connectivity index (χ1v) is 5.50. The Morgan fingerprint density at radius 1 is 1.25 bits per heavy atom. The Balaban J connectivity index is 2.74. The zero-order valence-electron chi connectivity index (χ0n) is 9.20. The third kappa shape index (κ3) is 3.57. The van der Waals surface area contributed by atoms with E-state index < -0.39 is 4.87 Å². The Bertz CT molecular complexity index is 425. The fourth-order valence-electron chi connectivity index (χ4n) is 1.47. The van der Waals surface area contributed by atoms with Crippen LogP contribution in [0.5, 0.6) is 0 Å². The molecule has 0 N–H and O–H groups in total. The lowest BCUT2D eigenvalue weighted by molar-refractivity contribution is 0.649. The van der Waals surface area contributed by atoms with Gasteiger partial charge in [0.15, 0.2) is 0 Å². The zero-order valence-corrected chi connectivity index (χ0v) is 9.96. The summed E-state index contributed by atoms with van der Waals surface area (Å²) >= 11 is 6.16. The predicted molar refractivity (Wildman–Crippen MR) is 63.9 cm³/mol. The van der Waals surface area contributed by atoms with E-state index in [0.29, 0.717) is 19.3 Å². The van der Waals surface area contributed by atoms with Gasteiger partial charge in [-0.25, -0.2) is 0 Å². The number of benzene rings is 1. The summed E-state index contributed by atoms with van der Waals surface area (Å²) in [6.45, 7) is 2.01. The van der Waals surface area contributed by atoms with Crippen LogP contribution in [-0.2, 0) is 6.42 Å². The molecular formula is C13H13ClN2. The summed E-state index contributed by atoms with van der Waals surface area (Å²) in [6.07, 6.45) is 1.19. The molecule has 0 fully saturated rings. The standard InChI is InChI=1S/C13H13ClN2/c1-11-3-5-12(6-4-11)9-13(14,10-16)7-2-8-15/h3-6H,2,7,9H2,1H3. The average Bonchev–Trinajstić information content (AvgIpc) is 2.30. The van der Waals surface area contributed by atoms with Crippen LogP contribution in [0.4, 0.5) is 0 Å². The Kier molecular flexibility index (Phi) is 4.35. The smallest absolute Gasteiger partial charge is 0.136 e. The maximum absolute atomic E-state index is 9.04. The van der Waals surface area contributed by atoms with E-state index in [0.717, 1.165) is 5.56 Å². The van der Waals surface area contributed by atoms with E-state index in [2.05, 4.69) is 6.07 Å². The van der Waals surface area contributed by atoms with Crippen LogP contribution < -0.4 is 0 Å². The van der Waals surface area contributed by atoms with Gasteiger partial charge >= 0.3 is 0 Å². The number of halogens is 1. The number of rotatable bonds is 4. The van der Waals surface area contributed by atoms with E-state index in [9.17, 15) is 0 Å². The van der Waals surface area contributed by atoms with Crippen LogP contribution >= 0.6 is 11.6 Å². The van der Waals surface area contributed by atoms with Crippen LogP contribution in [0.2, 0.25) is 0 Å². The molecule has 0 spiro atoms. The van der Waals surface area contributed by atoms with Crippen molar-refractivity contribution in [1.82, 2.24) is 0 Å². The van der Waals surface area contributed by atoms with Crippen molar-refractivity contribution in [3.8, 4) is 12.1 Å². The van der Waals surface area contributed by atoms with Crippen LogP contribution in [0.15, 0.2) is 24.3 Å². The fourth-order valence-corrected chi connectivity index (χ4v) is 1.72. The lowest BCUT2D eigenvalue weighted by atomic mass is 9.95. The molecule has 82 valence electrons. The molecule has 1 atom stereocenters. The number of hydrogen-bond donors (Lipinski definition) is 0. The number of hydrogen-bond acceptors (Lipinski definition) is 2. The summed E-state index contributed by atoms with van der Waals surface area (Å²) in [7, 11) is 0. The molecule has 1 rings (SSSR count). The molecule has 0 aliphatic heterocycles. The molecule has 0 saturated carbocycles. The molecule has 2 nitrogen and oxygen atoms in total. The number of alkyl halides is 1. The molecule has 1 unspecified atom stereocenters.